The summed E-state index contributed by atoms with van der Waals surface area (Å²) in [4.78, 5) is 0. The molecule has 1 rings (SSSR count). The lowest BCUT2D eigenvalue weighted by atomic mass is 10.0. The number of aryl methyl sites for hydroxylation is 1. The zero-order chi connectivity index (χ0) is 11.6. The van der Waals surface area contributed by atoms with Gasteiger partial charge in [-0.15, -0.1) is 11.6 Å². The molecule has 0 radical (unpaired) electrons. The van der Waals surface area contributed by atoms with E-state index >= 15 is 0 Å². The van der Waals surface area contributed by atoms with Crippen LogP contribution >= 0.6 is 11.6 Å². The van der Waals surface area contributed by atoms with Gasteiger partial charge in [-0.05, 0) is 31.2 Å². The van der Waals surface area contributed by atoms with E-state index in [1.54, 1.807) is 0 Å². The Bertz CT molecular complexity index is 255. The Kier molecular flexibility index (Phi) is 7.33. The van der Waals surface area contributed by atoms with Crippen LogP contribution in [0, 0.1) is 0 Å². The van der Waals surface area contributed by atoms with Gasteiger partial charge in [0.15, 0.2) is 0 Å². The zero-order valence-corrected chi connectivity index (χ0v) is 11.0. The Balaban J connectivity index is 2.00. The van der Waals surface area contributed by atoms with E-state index in [1.165, 1.54) is 50.5 Å². The van der Waals surface area contributed by atoms with E-state index in [1.807, 2.05) is 0 Å². The van der Waals surface area contributed by atoms with Gasteiger partial charge in [0.05, 0.1) is 0 Å². The lowest BCUT2D eigenvalue weighted by Gasteiger charge is -2.07. The van der Waals surface area contributed by atoms with Gasteiger partial charge in [-0.1, -0.05) is 56.5 Å². The summed E-state index contributed by atoms with van der Waals surface area (Å²) in [5.41, 5.74) is 1.46. The standard InChI is InChI=1S/C15H23Cl/c1-2-9-15(16)13-8-4-7-12-14-10-5-3-6-11-14/h3,5-6,10-11,15H,2,4,7-9,12-13H2,1H3. The Morgan fingerprint density at radius 1 is 1.00 bits per heavy atom. The maximum atomic E-state index is 6.18. The highest BCUT2D eigenvalue weighted by Crippen LogP contribution is 2.15. The second-order valence-corrected chi connectivity index (χ2v) is 5.09. The van der Waals surface area contributed by atoms with Crippen LogP contribution in [0.5, 0.6) is 0 Å². The Morgan fingerprint density at radius 2 is 1.75 bits per heavy atom. The van der Waals surface area contributed by atoms with Crippen molar-refractivity contribution < 1.29 is 0 Å². The van der Waals surface area contributed by atoms with E-state index in [-0.39, 0.29) is 0 Å². The Labute approximate surface area is 105 Å². The second kappa shape index (κ2) is 8.64. The zero-order valence-electron chi connectivity index (χ0n) is 10.3. The normalized spacial score (nSPS) is 12.6. The predicted molar refractivity (Wildman–Crippen MR) is 73.2 cm³/mol. The van der Waals surface area contributed by atoms with Crippen molar-refractivity contribution in [2.45, 2.75) is 57.2 Å². The van der Waals surface area contributed by atoms with Gasteiger partial charge in [0.2, 0.25) is 0 Å². The first-order chi connectivity index (χ1) is 7.83. The molecule has 90 valence electrons. The maximum Gasteiger partial charge on any atom is 0.0336 e. The van der Waals surface area contributed by atoms with Crippen LogP contribution in [0.4, 0.5) is 0 Å². The van der Waals surface area contributed by atoms with Gasteiger partial charge < -0.3 is 0 Å². The van der Waals surface area contributed by atoms with Crippen molar-refractivity contribution in [2.24, 2.45) is 0 Å². The first-order valence-electron chi connectivity index (χ1n) is 6.51. The van der Waals surface area contributed by atoms with Crippen molar-refractivity contribution in [3.63, 3.8) is 0 Å². The van der Waals surface area contributed by atoms with Crippen LogP contribution in [0.3, 0.4) is 0 Å². The molecule has 1 atom stereocenters. The van der Waals surface area contributed by atoms with Crippen molar-refractivity contribution in [2.75, 3.05) is 0 Å². The summed E-state index contributed by atoms with van der Waals surface area (Å²) in [6.07, 6.45) is 8.65. The summed E-state index contributed by atoms with van der Waals surface area (Å²) in [6.45, 7) is 2.20. The highest BCUT2D eigenvalue weighted by atomic mass is 35.5. The highest BCUT2D eigenvalue weighted by molar-refractivity contribution is 6.20. The predicted octanol–water partition coefficient (Wildman–Crippen LogP) is 5.20. The fourth-order valence-electron chi connectivity index (χ4n) is 1.97. The van der Waals surface area contributed by atoms with E-state index in [0.29, 0.717) is 5.38 Å². The van der Waals surface area contributed by atoms with Crippen molar-refractivity contribution >= 4 is 11.6 Å². The smallest absolute Gasteiger partial charge is 0.0336 e. The van der Waals surface area contributed by atoms with Crippen LogP contribution in [0.25, 0.3) is 0 Å². The third-order valence-electron chi connectivity index (χ3n) is 2.93. The lowest BCUT2D eigenvalue weighted by molar-refractivity contribution is 0.595. The van der Waals surface area contributed by atoms with Crippen LogP contribution < -0.4 is 0 Å². The van der Waals surface area contributed by atoms with Gasteiger partial charge in [-0.2, -0.15) is 0 Å². The number of benzene rings is 1. The van der Waals surface area contributed by atoms with Gasteiger partial charge in [0.1, 0.15) is 0 Å². The third-order valence-corrected chi connectivity index (χ3v) is 3.36. The average molecular weight is 239 g/mol. The quantitative estimate of drug-likeness (QED) is 0.432. The monoisotopic (exact) mass is 238 g/mol. The molecule has 0 bridgehead atoms. The molecule has 0 saturated heterocycles. The van der Waals surface area contributed by atoms with E-state index in [0.717, 1.165) is 0 Å². The van der Waals surface area contributed by atoms with E-state index < -0.39 is 0 Å². The van der Waals surface area contributed by atoms with Crippen LogP contribution in [0.1, 0.15) is 51.0 Å². The molecule has 0 nitrogen and oxygen atoms in total. The van der Waals surface area contributed by atoms with Crippen molar-refractivity contribution in [3.05, 3.63) is 35.9 Å². The van der Waals surface area contributed by atoms with Crippen LogP contribution in [-0.2, 0) is 6.42 Å². The van der Waals surface area contributed by atoms with Crippen LogP contribution in [-0.4, -0.2) is 5.38 Å². The second-order valence-electron chi connectivity index (χ2n) is 4.47. The summed E-state index contributed by atoms with van der Waals surface area (Å²) in [5, 5.41) is 0.404. The number of unbranched alkanes of at least 4 members (excludes halogenated alkanes) is 2. The number of hydrogen-bond acceptors (Lipinski definition) is 0. The molecule has 1 heteroatoms. The number of halogens is 1. The molecule has 0 aromatic heterocycles. The first-order valence-corrected chi connectivity index (χ1v) is 6.94. The number of hydrogen-bond donors (Lipinski definition) is 0. The molecule has 1 aromatic rings. The van der Waals surface area contributed by atoms with E-state index in [2.05, 4.69) is 37.3 Å². The van der Waals surface area contributed by atoms with Crippen molar-refractivity contribution in [1.29, 1.82) is 0 Å². The largest absolute Gasteiger partial charge is 0.123 e. The fourth-order valence-corrected chi connectivity index (χ4v) is 2.35. The molecule has 0 amide bonds. The van der Waals surface area contributed by atoms with Crippen molar-refractivity contribution in [3.8, 4) is 0 Å². The summed E-state index contributed by atoms with van der Waals surface area (Å²) < 4.78 is 0. The molecule has 0 aliphatic carbocycles. The Hall–Kier alpha value is -0.490. The Morgan fingerprint density at radius 3 is 2.44 bits per heavy atom. The van der Waals surface area contributed by atoms with Gasteiger partial charge in [-0.3, -0.25) is 0 Å². The molecule has 0 fully saturated rings. The summed E-state index contributed by atoms with van der Waals surface area (Å²) in [5.74, 6) is 0. The average Bonchev–Trinajstić information content (AvgIpc) is 2.30. The lowest BCUT2D eigenvalue weighted by Crippen LogP contribution is -1.97. The minimum atomic E-state index is 0.404. The number of alkyl halides is 1. The molecule has 0 spiro atoms. The maximum absolute atomic E-state index is 6.18. The molecular weight excluding hydrogens is 216 g/mol. The minimum absolute atomic E-state index is 0.404. The van der Waals surface area contributed by atoms with Gasteiger partial charge >= 0.3 is 0 Å². The van der Waals surface area contributed by atoms with Gasteiger partial charge in [-0.25, -0.2) is 0 Å². The molecule has 1 unspecified atom stereocenters. The third kappa shape index (κ3) is 6.17. The molecule has 0 N–H and O–H groups in total. The van der Waals surface area contributed by atoms with E-state index in [4.69, 9.17) is 11.6 Å². The molecule has 0 aliphatic rings. The first kappa shape index (κ1) is 13.6. The molecule has 0 saturated carbocycles. The molecule has 16 heavy (non-hydrogen) atoms. The fraction of sp³-hybridized carbons (Fsp3) is 0.600. The molecule has 0 heterocycles. The molecule has 0 aliphatic heterocycles. The molecule has 1 aromatic carbocycles. The van der Waals surface area contributed by atoms with Gasteiger partial charge in [0.25, 0.3) is 0 Å². The van der Waals surface area contributed by atoms with Gasteiger partial charge in [0, 0.05) is 5.38 Å². The van der Waals surface area contributed by atoms with E-state index in [9.17, 15) is 0 Å². The highest BCUT2D eigenvalue weighted by Gasteiger charge is 2.02. The SMILES string of the molecule is CCCC(Cl)CCCCCc1ccccc1. The van der Waals surface area contributed by atoms with Crippen LogP contribution in [0.15, 0.2) is 30.3 Å². The van der Waals surface area contributed by atoms with Crippen molar-refractivity contribution in [1.82, 2.24) is 0 Å². The number of rotatable bonds is 8. The topological polar surface area (TPSA) is 0 Å². The summed E-state index contributed by atoms with van der Waals surface area (Å²) in [7, 11) is 0. The summed E-state index contributed by atoms with van der Waals surface area (Å²) >= 11 is 6.18. The minimum Gasteiger partial charge on any atom is -0.123 e. The summed E-state index contributed by atoms with van der Waals surface area (Å²) in [6, 6.07) is 10.7. The molecular formula is C15H23Cl. The van der Waals surface area contributed by atoms with Crippen LogP contribution in [0.2, 0.25) is 0 Å².